The van der Waals surface area contributed by atoms with Gasteiger partial charge in [0, 0.05) is 18.7 Å². The van der Waals surface area contributed by atoms with Gasteiger partial charge in [0.05, 0.1) is 12.8 Å². The predicted octanol–water partition coefficient (Wildman–Crippen LogP) is 5.18. The Balaban J connectivity index is 1.49. The quantitative estimate of drug-likeness (QED) is 0.468. The number of nitrogens with zero attached hydrogens (tertiary/aromatic N) is 2. The molecule has 1 atom stereocenters. The monoisotopic (exact) mass is 495 g/mol. The molecule has 0 aliphatic carbocycles. The van der Waals surface area contributed by atoms with E-state index in [1.807, 2.05) is 0 Å². The molecule has 0 bridgehead atoms. The normalized spacial score (nSPS) is 16.5. The van der Waals surface area contributed by atoms with Crippen LogP contribution in [0.1, 0.15) is 12.0 Å². The summed E-state index contributed by atoms with van der Waals surface area (Å²) in [5, 5.41) is 2.48. The number of ether oxygens (including phenoxy) is 1. The van der Waals surface area contributed by atoms with Crippen molar-refractivity contribution in [1.29, 1.82) is 0 Å². The third-order valence-corrected chi connectivity index (χ3v) is 6.55. The van der Waals surface area contributed by atoms with Crippen molar-refractivity contribution in [3.8, 4) is 5.75 Å². The second-order valence-corrected chi connectivity index (χ2v) is 8.96. The summed E-state index contributed by atoms with van der Waals surface area (Å²) in [5.74, 6) is -0.681. The highest BCUT2D eigenvalue weighted by atomic mass is 32.2. The number of rotatable bonds is 8. The summed E-state index contributed by atoms with van der Waals surface area (Å²) in [5.41, 5.74) is 1.54. The van der Waals surface area contributed by atoms with Crippen molar-refractivity contribution in [3.63, 3.8) is 0 Å². The third kappa shape index (κ3) is 6.24. The summed E-state index contributed by atoms with van der Waals surface area (Å²) in [6, 6.07) is 18.8. The fourth-order valence-electron chi connectivity index (χ4n) is 3.55. The zero-order valence-corrected chi connectivity index (χ0v) is 19.7. The van der Waals surface area contributed by atoms with Crippen LogP contribution in [0.25, 0.3) is 0 Å². The van der Waals surface area contributed by atoms with Crippen molar-refractivity contribution in [2.75, 3.05) is 19.0 Å². The molecule has 1 aliphatic heterocycles. The summed E-state index contributed by atoms with van der Waals surface area (Å²) < 4.78 is 32.5. The molecule has 180 valence electrons. The van der Waals surface area contributed by atoms with Gasteiger partial charge in [-0.2, -0.15) is 0 Å². The standard InChI is InChI=1S/C26H23F2N3O3S/c1-34-21-12-10-19(11-13-21)29-24(32)16-23-25(33)31(15-14-17-4-2-3-5-22(17)28)26(35-23)30-20-8-6-18(27)7-9-20/h2-13,23H,14-16H2,1H3,(H,29,32)/t23-/m1/s1. The van der Waals surface area contributed by atoms with E-state index in [0.717, 1.165) is 0 Å². The molecule has 1 aliphatic rings. The average molecular weight is 496 g/mol. The highest BCUT2D eigenvalue weighted by molar-refractivity contribution is 8.15. The zero-order valence-electron chi connectivity index (χ0n) is 18.9. The first kappa shape index (κ1) is 24.4. The number of thioether (sulfide) groups is 1. The Morgan fingerprint density at radius 1 is 1.06 bits per heavy atom. The van der Waals surface area contributed by atoms with Crippen LogP contribution >= 0.6 is 11.8 Å². The number of carbonyl (C=O) groups excluding carboxylic acids is 2. The Hall–Kier alpha value is -3.72. The van der Waals surface area contributed by atoms with Gasteiger partial charge in [0.25, 0.3) is 0 Å². The number of anilines is 1. The molecule has 0 aromatic heterocycles. The molecule has 3 aromatic carbocycles. The van der Waals surface area contributed by atoms with Crippen molar-refractivity contribution in [1.82, 2.24) is 4.90 Å². The Morgan fingerprint density at radius 3 is 2.46 bits per heavy atom. The maximum absolute atomic E-state index is 14.1. The van der Waals surface area contributed by atoms with Crippen LogP contribution in [0.4, 0.5) is 20.2 Å². The minimum atomic E-state index is -0.687. The average Bonchev–Trinajstić information content (AvgIpc) is 3.14. The lowest BCUT2D eigenvalue weighted by atomic mass is 10.1. The molecule has 6 nitrogen and oxygen atoms in total. The molecule has 0 spiro atoms. The van der Waals surface area contributed by atoms with E-state index in [-0.39, 0.29) is 37.0 Å². The fourth-order valence-corrected chi connectivity index (χ4v) is 4.73. The van der Waals surface area contributed by atoms with Gasteiger partial charge in [-0.1, -0.05) is 30.0 Å². The van der Waals surface area contributed by atoms with E-state index in [1.54, 1.807) is 49.6 Å². The number of halogens is 2. The first-order valence-corrected chi connectivity index (χ1v) is 11.8. The number of amides is 2. The minimum absolute atomic E-state index is 0.0613. The van der Waals surface area contributed by atoms with Gasteiger partial charge in [-0.25, -0.2) is 13.8 Å². The first-order chi connectivity index (χ1) is 16.9. The highest BCUT2D eigenvalue weighted by Crippen LogP contribution is 2.32. The molecule has 1 N–H and O–H groups in total. The van der Waals surface area contributed by atoms with Crippen molar-refractivity contribution in [3.05, 3.63) is 90.0 Å². The lowest BCUT2D eigenvalue weighted by Crippen LogP contribution is -2.35. The van der Waals surface area contributed by atoms with Gasteiger partial charge < -0.3 is 10.1 Å². The van der Waals surface area contributed by atoms with E-state index < -0.39 is 11.1 Å². The SMILES string of the molecule is COc1ccc(NC(=O)C[C@H]2SC(=Nc3ccc(F)cc3)N(CCc3ccccc3F)C2=O)cc1. The molecule has 1 saturated heterocycles. The molecule has 3 aromatic rings. The van der Waals surface area contributed by atoms with Crippen LogP contribution in [0.3, 0.4) is 0 Å². The van der Waals surface area contributed by atoms with Crippen LogP contribution in [-0.2, 0) is 16.0 Å². The lowest BCUT2D eigenvalue weighted by molar-refractivity contribution is -0.128. The second-order valence-electron chi connectivity index (χ2n) is 7.79. The molecule has 9 heteroatoms. The number of hydrogen-bond donors (Lipinski definition) is 1. The Labute approximate surface area is 206 Å². The van der Waals surface area contributed by atoms with Crippen molar-refractivity contribution in [2.45, 2.75) is 18.1 Å². The molecular formula is C26H23F2N3O3S. The molecule has 0 saturated carbocycles. The maximum atomic E-state index is 14.1. The van der Waals surface area contributed by atoms with Gasteiger partial charge >= 0.3 is 0 Å². The summed E-state index contributed by atoms with van der Waals surface area (Å²) >= 11 is 1.17. The van der Waals surface area contributed by atoms with E-state index >= 15 is 0 Å². The van der Waals surface area contributed by atoms with E-state index in [0.29, 0.717) is 27.9 Å². The number of carbonyl (C=O) groups is 2. The van der Waals surface area contributed by atoms with Gasteiger partial charge in [0.1, 0.15) is 22.6 Å². The van der Waals surface area contributed by atoms with Crippen molar-refractivity contribution in [2.24, 2.45) is 4.99 Å². The van der Waals surface area contributed by atoms with Gasteiger partial charge in [-0.05, 0) is 66.6 Å². The minimum Gasteiger partial charge on any atom is -0.497 e. The van der Waals surface area contributed by atoms with Crippen LogP contribution in [0.15, 0.2) is 77.8 Å². The van der Waals surface area contributed by atoms with E-state index in [4.69, 9.17) is 4.74 Å². The molecule has 35 heavy (non-hydrogen) atoms. The lowest BCUT2D eigenvalue weighted by Gasteiger charge is -2.17. The summed E-state index contributed by atoms with van der Waals surface area (Å²) in [4.78, 5) is 31.8. The van der Waals surface area contributed by atoms with E-state index in [1.165, 1.54) is 47.0 Å². The predicted molar refractivity (Wildman–Crippen MR) is 133 cm³/mol. The fraction of sp³-hybridized carbons (Fsp3) is 0.192. The number of hydrogen-bond acceptors (Lipinski definition) is 5. The van der Waals surface area contributed by atoms with Gasteiger partial charge in [-0.3, -0.25) is 14.5 Å². The highest BCUT2D eigenvalue weighted by Gasteiger charge is 2.39. The van der Waals surface area contributed by atoms with Crippen LogP contribution in [0.2, 0.25) is 0 Å². The summed E-state index contributed by atoms with van der Waals surface area (Å²) in [7, 11) is 1.56. The smallest absolute Gasteiger partial charge is 0.242 e. The number of amidine groups is 1. The summed E-state index contributed by atoms with van der Waals surface area (Å²) in [6.07, 6.45) is 0.223. The van der Waals surface area contributed by atoms with Crippen LogP contribution in [0, 0.1) is 11.6 Å². The Morgan fingerprint density at radius 2 is 1.77 bits per heavy atom. The van der Waals surface area contributed by atoms with Gasteiger partial charge in [0.15, 0.2) is 5.17 Å². The summed E-state index contributed by atoms with van der Waals surface area (Å²) in [6.45, 7) is 0.198. The molecule has 0 radical (unpaired) electrons. The number of benzene rings is 3. The van der Waals surface area contributed by atoms with Crippen molar-refractivity contribution >= 4 is 40.1 Å². The molecule has 0 unspecified atom stereocenters. The number of methoxy groups -OCH3 is 1. The molecule has 4 rings (SSSR count). The molecule has 1 fully saturated rings. The largest absolute Gasteiger partial charge is 0.497 e. The second kappa shape index (κ2) is 11.1. The van der Waals surface area contributed by atoms with E-state index in [9.17, 15) is 18.4 Å². The zero-order chi connectivity index (χ0) is 24.8. The van der Waals surface area contributed by atoms with Gasteiger partial charge in [0.2, 0.25) is 11.8 Å². The third-order valence-electron chi connectivity index (χ3n) is 5.38. The Bertz CT molecular complexity index is 1230. The Kier molecular flexibility index (Phi) is 7.77. The topological polar surface area (TPSA) is 71.0 Å². The van der Waals surface area contributed by atoms with Gasteiger partial charge in [-0.15, -0.1) is 0 Å². The molecular weight excluding hydrogens is 472 g/mol. The van der Waals surface area contributed by atoms with Crippen LogP contribution in [0.5, 0.6) is 5.75 Å². The molecule has 1 heterocycles. The van der Waals surface area contributed by atoms with E-state index in [2.05, 4.69) is 10.3 Å². The first-order valence-electron chi connectivity index (χ1n) is 10.9. The van der Waals surface area contributed by atoms with Crippen LogP contribution < -0.4 is 10.1 Å². The molecule has 2 amide bonds. The van der Waals surface area contributed by atoms with Crippen LogP contribution in [-0.4, -0.2) is 40.8 Å². The maximum Gasteiger partial charge on any atom is 0.242 e. The van der Waals surface area contributed by atoms with Crippen molar-refractivity contribution < 1.29 is 23.1 Å². The number of aliphatic imine (C=N–C) groups is 1. The number of nitrogens with one attached hydrogen (secondary N) is 1.